The van der Waals surface area contributed by atoms with E-state index in [1.165, 1.54) is 43.4 Å². The molecule has 0 spiro atoms. The van der Waals surface area contributed by atoms with Crippen LogP contribution in [-0.4, -0.2) is 23.8 Å². The third kappa shape index (κ3) is 2.26. The maximum atomic E-state index is 10.3. The quantitative estimate of drug-likeness (QED) is 0.821. The van der Waals surface area contributed by atoms with Gasteiger partial charge in [0.25, 0.3) is 0 Å². The van der Waals surface area contributed by atoms with Crippen LogP contribution in [0.3, 0.4) is 0 Å². The van der Waals surface area contributed by atoms with Crippen LogP contribution in [0.15, 0.2) is 24.3 Å². The number of hydrogen-bond donors (Lipinski definition) is 1. The van der Waals surface area contributed by atoms with E-state index in [1.54, 1.807) is 0 Å². The van der Waals surface area contributed by atoms with E-state index in [9.17, 15) is 5.11 Å². The standard InChI is InChI=1S/C16H23NO/c18-16-11-4-3-10-15(16)17-12-6-5-8-13-7-1-2-9-14(13)17/h1-2,7,9,15-16,18H,3-6,8,10-12H2/t15-,16-/m0/s1. The average Bonchev–Trinajstić information content (AvgIpc) is 2.62. The molecule has 1 heterocycles. The summed E-state index contributed by atoms with van der Waals surface area (Å²) in [6, 6.07) is 9.11. The van der Waals surface area contributed by atoms with E-state index in [0.717, 1.165) is 19.4 Å². The molecule has 2 heteroatoms. The molecule has 1 fully saturated rings. The lowest BCUT2D eigenvalue weighted by atomic mass is 9.90. The highest BCUT2D eigenvalue weighted by molar-refractivity contribution is 5.55. The molecule has 18 heavy (non-hydrogen) atoms. The fraction of sp³-hybridized carbons (Fsp3) is 0.625. The first kappa shape index (κ1) is 12.0. The van der Waals surface area contributed by atoms with Gasteiger partial charge in [-0.05, 0) is 43.7 Å². The van der Waals surface area contributed by atoms with Gasteiger partial charge in [0.1, 0.15) is 0 Å². The van der Waals surface area contributed by atoms with Crippen LogP contribution in [-0.2, 0) is 6.42 Å². The van der Waals surface area contributed by atoms with Gasteiger partial charge < -0.3 is 10.0 Å². The molecule has 2 nitrogen and oxygen atoms in total. The molecule has 1 N–H and O–H groups in total. The number of aliphatic hydroxyl groups excluding tert-OH is 1. The summed E-state index contributed by atoms with van der Waals surface area (Å²) in [5, 5.41) is 10.3. The van der Waals surface area contributed by atoms with E-state index in [-0.39, 0.29) is 6.10 Å². The molecule has 0 aromatic heterocycles. The highest BCUT2D eigenvalue weighted by Crippen LogP contribution is 2.32. The number of para-hydroxylation sites is 1. The maximum absolute atomic E-state index is 10.3. The minimum Gasteiger partial charge on any atom is -0.391 e. The first-order chi connectivity index (χ1) is 8.86. The van der Waals surface area contributed by atoms with Crippen molar-refractivity contribution in [3.63, 3.8) is 0 Å². The predicted octanol–water partition coefficient (Wildman–Crippen LogP) is 3.13. The summed E-state index contributed by atoms with van der Waals surface area (Å²) in [4.78, 5) is 2.49. The van der Waals surface area contributed by atoms with Crippen molar-refractivity contribution in [3.05, 3.63) is 29.8 Å². The summed E-state index contributed by atoms with van der Waals surface area (Å²) in [5.41, 5.74) is 2.84. The molecule has 2 atom stereocenters. The van der Waals surface area contributed by atoms with Gasteiger partial charge in [0.2, 0.25) is 0 Å². The number of anilines is 1. The number of fused-ring (bicyclic) bond motifs is 1. The summed E-state index contributed by atoms with van der Waals surface area (Å²) in [7, 11) is 0. The van der Waals surface area contributed by atoms with E-state index >= 15 is 0 Å². The van der Waals surface area contributed by atoms with Crippen molar-refractivity contribution in [2.45, 2.75) is 57.1 Å². The molecule has 1 aromatic carbocycles. The first-order valence-electron chi connectivity index (χ1n) is 7.39. The van der Waals surface area contributed by atoms with Gasteiger partial charge in [0, 0.05) is 12.2 Å². The second-order valence-electron chi connectivity index (χ2n) is 5.70. The molecule has 0 saturated heterocycles. The van der Waals surface area contributed by atoms with Crippen LogP contribution in [0.4, 0.5) is 5.69 Å². The van der Waals surface area contributed by atoms with Crippen LogP contribution < -0.4 is 4.90 Å². The van der Waals surface area contributed by atoms with Crippen molar-refractivity contribution in [3.8, 4) is 0 Å². The highest BCUT2D eigenvalue weighted by Gasteiger charge is 2.30. The SMILES string of the molecule is O[C@H]1CCCC[C@@H]1N1CCCCc2ccccc21. The number of benzene rings is 1. The Bertz CT molecular complexity index is 404. The van der Waals surface area contributed by atoms with Crippen LogP contribution in [0.25, 0.3) is 0 Å². The number of rotatable bonds is 1. The van der Waals surface area contributed by atoms with E-state index < -0.39 is 0 Å². The number of aryl methyl sites for hydroxylation is 1. The van der Waals surface area contributed by atoms with Crippen LogP contribution in [0, 0.1) is 0 Å². The Hall–Kier alpha value is -1.02. The summed E-state index contributed by atoms with van der Waals surface area (Å²) < 4.78 is 0. The van der Waals surface area contributed by atoms with Crippen molar-refractivity contribution in [2.75, 3.05) is 11.4 Å². The lowest BCUT2D eigenvalue weighted by Crippen LogP contribution is -2.46. The molecular formula is C16H23NO. The topological polar surface area (TPSA) is 23.5 Å². The Morgan fingerprint density at radius 2 is 1.83 bits per heavy atom. The van der Waals surface area contributed by atoms with E-state index in [4.69, 9.17) is 0 Å². The van der Waals surface area contributed by atoms with E-state index in [0.29, 0.717) is 6.04 Å². The normalized spacial score (nSPS) is 28.6. The second-order valence-corrected chi connectivity index (χ2v) is 5.70. The smallest absolute Gasteiger partial charge is 0.0743 e. The van der Waals surface area contributed by atoms with Gasteiger partial charge in [-0.2, -0.15) is 0 Å². The van der Waals surface area contributed by atoms with Crippen molar-refractivity contribution >= 4 is 5.69 Å². The third-order valence-electron chi connectivity index (χ3n) is 4.49. The predicted molar refractivity (Wildman–Crippen MR) is 75.0 cm³/mol. The average molecular weight is 245 g/mol. The molecule has 98 valence electrons. The summed E-state index contributed by atoms with van der Waals surface area (Å²) in [6.45, 7) is 1.11. The molecule has 3 rings (SSSR count). The van der Waals surface area contributed by atoms with Crippen LogP contribution in [0.2, 0.25) is 0 Å². The zero-order valence-electron chi connectivity index (χ0n) is 11.0. The van der Waals surface area contributed by atoms with Gasteiger partial charge >= 0.3 is 0 Å². The molecule has 1 aromatic rings. The molecule has 2 aliphatic rings. The summed E-state index contributed by atoms with van der Waals surface area (Å²) in [5.74, 6) is 0. The van der Waals surface area contributed by atoms with E-state index in [1.807, 2.05) is 0 Å². The Morgan fingerprint density at radius 1 is 1.00 bits per heavy atom. The zero-order chi connectivity index (χ0) is 12.4. The summed E-state index contributed by atoms with van der Waals surface area (Å²) >= 11 is 0. The van der Waals surface area contributed by atoms with Crippen LogP contribution in [0.1, 0.15) is 44.1 Å². The molecule has 1 aliphatic heterocycles. The summed E-state index contributed by atoms with van der Waals surface area (Å²) in [6.07, 6.45) is 8.15. The Kier molecular flexibility index (Phi) is 3.55. The van der Waals surface area contributed by atoms with Gasteiger partial charge in [-0.3, -0.25) is 0 Å². The van der Waals surface area contributed by atoms with E-state index in [2.05, 4.69) is 29.2 Å². The Morgan fingerprint density at radius 3 is 2.72 bits per heavy atom. The number of nitrogens with zero attached hydrogens (tertiary/aromatic N) is 1. The van der Waals surface area contributed by atoms with Crippen molar-refractivity contribution in [1.82, 2.24) is 0 Å². The first-order valence-corrected chi connectivity index (χ1v) is 7.39. The minimum atomic E-state index is -0.134. The Labute approximate surface area is 110 Å². The lowest BCUT2D eigenvalue weighted by Gasteiger charge is -2.39. The molecular weight excluding hydrogens is 222 g/mol. The van der Waals surface area contributed by atoms with Crippen molar-refractivity contribution in [2.24, 2.45) is 0 Å². The van der Waals surface area contributed by atoms with Gasteiger partial charge in [-0.1, -0.05) is 31.0 Å². The zero-order valence-corrected chi connectivity index (χ0v) is 11.0. The van der Waals surface area contributed by atoms with Crippen LogP contribution in [0.5, 0.6) is 0 Å². The fourth-order valence-electron chi connectivity index (χ4n) is 3.52. The van der Waals surface area contributed by atoms with Crippen molar-refractivity contribution in [1.29, 1.82) is 0 Å². The van der Waals surface area contributed by atoms with Gasteiger partial charge in [0.05, 0.1) is 12.1 Å². The molecule has 0 unspecified atom stereocenters. The largest absolute Gasteiger partial charge is 0.391 e. The van der Waals surface area contributed by atoms with Gasteiger partial charge in [0.15, 0.2) is 0 Å². The molecule has 1 saturated carbocycles. The third-order valence-corrected chi connectivity index (χ3v) is 4.49. The lowest BCUT2D eigenvalue weighted by molar-refractivity contribution is 0.104. The molecule has 0 amide bonds. The van der Waals surface area contributed by atoms with Crippen LogP contribution >= 0.6 is 0 Å². The van der Waals surface area contributed by atoms with Gasteiger partial charge in [-0.25, -0.2) is 0 Å². The minimum absolute atomic E-state index is 0.134. The number of hydrogen-bond acceptors (Lipinski definition) is 2. The van der Waals surface area contributed by atoms with Crippen molar-refractivity contribution < 1.29 is 5.11 Å². The fourth-order valence-corrected chi connectivity index (χ4v) is 3.52. The van der Waals surface area contributed by atoms with Gasteiger partial charge in [-0.15, -0.1) is 0 Å². The second kappa shape index (κ2) is 5.31. The molecule has 0 bridgehead atoms. The highest BCUT2D eigenvalue weighted by atomic mass is 16.3. The monoisotopic (exact) mass is 245 g/mol. The molecule has 0 radical (unpaired) electrons. The molecule has 1 aliphatic carbocycles. The maximum Gasteiger partial charge on any atom is 0.0743 e. The Balaban J connectivity index is 1.91. The number of aliphatic hydroxyl groups is 1.